The number of likely N-dealkylation sites (tertiary alicyclic amines) is 1. The summed E-state index contributed by atoms with van der Waals surface area (Å²) in [6.45, 7) is 2.55. The molecule has 28 heavy (non-hydrogen) atoms. The molecule has 0 spiro atoms. The number of halogens is 3. The first-order valence-electron chi connectivity index (χ1n) is 9.41. The van der Waals surface area contributed by atoms with Gasteiger partial charge in [-0.3, -0.25) is 9.36 Å². The van der Waals surface area contributed by atoms with Crippen LogP contribution in [0.2, 0.25) is 5.02 Å². The highest BCUT2D eigenvalue weighted by atomic mass is 35.5. The lowest BCUT2D eigenvalue weighted by Crippen LogP contribution is -2.42. The molecule has 0 aliphatic carbocycles. The van der Waals surface area contributed by atoms with Gasteiger partial charge in [0.25, 0.3) is 0 Å². The Kier molecular flexibility index (Phi) is 4.99. The summed E-state index contributed by atoms with van der Waals surface area (Å²) in [5.74, 6) is -0.168. The highest BCUT2D eigenvalue weighted by molar-refractivity contribution is 6.30. The van der Waals surface area contributed by atoms with E-state index in [2.05, 4.69) is 5.10 Å². The molecule has 1 saturated heterocycles. The number of hydrogen-bond acceptors (Lipinski definition) is 3. The van der Waals surface area contributed by atoms with Gasteiger partial charge in [-0.15, -0.1) is 0 Å². The van der Waals surface area contributed by atoms with Crippen molar-refractivity contribution in [3.8, 4) is 0 Å². The van der Waals surface area contributed by atoms with E-state index in [9.17, 15) is 18.4 Å². The maximum Gasteiger partial charge on any atom is 0.347 e. The molecule has 2 unspecified atom stereocenters. The second-order valence-electron chi connectivity index (χ2n) is 7.58. The molecule has 4 rings (SSSR count). The first-order valence-corrected chi connectivity index (χ1v) is 9.79. The van der Waals surface area contributed by atoms with E-state index >= 15 is 0 Å². The Morgan fingerprint density at radius 2 is 2.11 bits per heavy atom. The smallest absolute Gasteiger partial charge is 0.338 e. The van der Waals surface area contributed by atoms with Crippen molar-refractivity contribution in [2.45, 2.75) is 50.9 Å². The molecule has 2 aromatic rings. The van der Waals surface area contributed by atoms with E-state index in [0.717, 1.165) is 6.42 Å². The van der Waals surface area contributed by atoms with Gasteiger partial charge in [0.1, 0.15) is 23.9 Å². The van der Waals surface area contributed by atoms with E-state index in [-0.39, 0.29) is 29.9 Å². The largest absolute Gasteiger partial charge is 0.347 e. The fourth-order valence-corrected chi connectivity index (χ4v) is 4.21. The first-order chi connectivity index (χ1) is 13.3. The van der Waals surface area contributed by atoms with Crippen LogP contribution >= 0.6 is 11.6 Å². The van der Waals surface area contributed by atoms with Gasteiger partial charge in [-0.25, -0.2) is 18.3 Å². The number of alkyl halides is 1. The van der Waals surface area contributed by atoms with E-state index in [1.54, 1.807) is 6.07 Å². The van der Waals surface area contributed by atoms with Crippen LogP contribution in [0.4, 0.5) is 8.78 Å². The standard InChI is InChI=1S/C19H21ClF2N4O2/c1-11-2-5-16(18(27)24-7-6-13(21)10-24)26-17(11)23-25(19(26)28)9-12-3-4-15(22)14(20)8-12/h3-4,8,11,13,16H,2,5-7,9-10H2,1H3/t11?,13-,16?/m0/s1. The first kappa shape index (κ1) is 19.1. The zero-order chi connectivity index (χ0) is 20.0. The van der Waals surface area contributed by atoms with E-state index in [4.69, 9.17) is 11.6 Å². The van der Waals surface area contributed by atoms with Crippen molar-refractivity contribution >= 4 is 17.5 Å². The molecule has 1 aromatic carbocycles. The van der Waals surface area contributed by atoms with Crippen LogP contribution in [0.3, 0.4) is 0 Å². The number of benzene rings is 1. The number of hydrogen-bond donors (Lipinski definition) is 0. The van der Waals surface area contributed by atoms with Crippen molar-refractivity contribution in [1.29, 1.82) is 0 Å². The van der Waals surface area contributed by atoms with Gasteiger partial charge in [0.05, 0.1) is 18.1 Å². The van der Waals surface area contributed by atoms with Crippen LogP contribution in [0.1, 0.15) is 49.5 Å². The van der Waals surface area contributed by atoms with Gasteiger partial charge in [0.15, 0.2) is 0 Å². The Morgan fingerprint density at radius 3 is 2.79 bits per heavy atom. The van der Waals surface area contributed by atoms with Gasteiger partial charge in [-0.05, 0) is 37.0 Å². The highest BCUT2D eigenvalue weighted by Gasteiger charge is 2.38. The van der Waals surface area contributed by atoms with Gasteiger partial charge in [0, 0.05) is 12.5 Å². The lowest BCUT2D eigenvalue weighted by molar-refractivity contribution is -0.134. The molecule has 3 atom stereocenters. The number of fused-ring (bicyclic) bond motifs is 1. The molecule has 150 valence electrons. The van der Waals surface area contributed by atoms with Crippen LogP contribution in [0.25, 0.3) is 0 Å². The molecule has 2 aliphatic rings. The van der Waals surface area contributed by atoms with Crippen LogP contribution in [-0.4, -0.2) is 44.4 Å². The average Bonchev–Trinajstić information content (AvgIpc) is 3.23. The van der Waals surface area contributed by atoms with E-state index in [0.29, 0.717) is 30.8 Å². The van der Waals surface area contributed by atoms with Crippen molar-refractivity contribution in [2.24, 2.45) is 0 Å². The Hall–Kier alpha value is -2.22. The SMILES string of the molecule is CC1CCC(C(=O)N2CC[C@H](F)C2)n2c1nn(Cc1ccc(F)c(Cl)c1)c2=O. The molecule has 0 N–H and O–H groups in total. The normalized spacial score (nSPS) is 24.4. The number of carbonyl (C=O) groups excluding carboxylic acids is 1. The third-order valence-electron chi connectivity index (χ3n) is 5.57. The summed E-state index contributed by atoms with van der Waals surface area (Å²) in [6, 6.07) is 3.59. The van der Waals surface area contributed by atoms with Crippen LogP contribution in [0.15, 0.2) is 23.0 Å². The monoisotopic (exact) mass is 410 g/mol. The molecular weight excluding hydrogens is 390 g/mol. The fraction of sp³-hybridized carbons (Fsp3) is 0.526. The molecule has 3 heterocycles. The van der Waals surface area contributed by atoms with E-state index in [1.807, 2.05) is 6.92 Å². The summed E-state index contributed by atoms with van der Waals surface area (Å²) in [5.41, 5.74) is 0.246. The zero-order valence-electron chi connectivity index (χ0n) is 15.4. The lowest BCUT2D eigenvalue weighted by Gasteiger charge is -2.29. The Labute approximate surface area is 165 Å². The second-order valence-corrected chi connectivity index (χ2v) is 7.99. The lowest BCUT2D eigenvalue weighted by atomic mass is 9.95. The van der Waals surface area contributed by atoms with Crippen molar-refractivity contribution < 1.29 is 13.6 Å². The maximum absolute atomic E-state index is 13.5. The molecular formula is C19H21ClF2N4O2. The molecule has 2 aliphatic heterocycles. The average molecular weight is 411 g/mol. The van der Waals surface area contributed by atoms with Crippen LogP contribution in [-0.2, 0) is 11.3 Å². The summed E-state index contributed by atoms with van der Waals surface area (Å²) < 4.78 is 29.6. The summed E-state index contributed by atoms with van der Waals surface area (Å²) in [4.78, 5) is 27.4. The van der Waals surface area contributed by atoms with Gasteiger partial charge < -0.3 is 4.90 Å². The summed E-state index contributed by atoms with van der Waals surface area (Å²) in [5, 5.41) is 4.42. The van der Waals surface area contributed by atoms with E-state index < -0.39 is 23.7 Å². The molecule has 1 aromatic heterocycles. The molecule has 9 heteroatoms. The van der Waals surface area contributed by atoms with Gasteiger partial charge in [0.2, 0.25) is 5.91 Å². The van der Waals surface area contributed by atoms with Crippen LogP contribution in [0, 0.1) is 5.82 Å². The fourth-order valence-electron chi connectivity index (χ4n) is 4.01. The molecule has 0 radical (unpaired) electrons. The Bertz CT molecular complexity index is 973. The topological polar surface area (TPSA) is 60.1 Å². The summed E-state index contributed by atoms with van der Waals surface area (Å²) in [7, 11) is 0. The third kappa shape index (κ3) is 3.34. The highest BCUT2D eigenvalue weighted by Crippen LogP contribution is 2.32. The third-order valence-corrected chi connectivity index (χ3v) is 5.86. The number of rotatable bonds is 3. The number of amides is 1. The van der Waals surface area contributed by atoms with Crippen molar-refractivity contribution in [3.05, 3.63) is 50.9 Å². The summed E-state index contributed by atoms with van der Waals surface area (Å²) in [6.07, 6.45) is 0.575. The van der Waals surface area contributed by atoms with Gasteiger partial charge >= 0.3 is 5.69 Å². The van der Waals surface area contributed by atoms with Crippen LogP contribution in [0.5, 0.6) is 0 Å². The number of aromatic nitrogens is 3. The summed E-state index contributed by atoms with van der Waals surface area (Å²) >= 11 is 5.82. The predicted octanol–water partition coefficient (Wildman–Crippen LogP) is 2.89. The Morgan fingerprint density at radius 1 is 1.32 bits per heavy atom. The number of carbonyl (C=O) groups is 1. The molecule has 1 fully saturated rings. The molecule has 0 bridgehead atoms. The maximum atomic E-state index is 13.5. The van der Waals surface area contributed by atoms with E-state index in [1.165, 1.54) is 26.3 Å². The minimum atomic E-state index is -1.01. The van der Waals surface area contributed by atoms with Crippen molar-refractivity contribution in [3.63, 3.8) is 0 Å². The van der Waals surface area contributed by atoms with Crippen molar-refractivity contribution in [1.82, 2.24) is 19.2 Å². The molecule has 1 amide bonds. The van der Waals surface area contributed by atoms with Gasteiger partial charge in [-0.2, -0.15) is 5.10 Å². The quantitative estimate of drug-likeness (QED) is 0.781. The zero-order valence-corrected chi connectivity index (χ0v) is 16.2. The minimum Gasteiger partial charge on any atom is -0.338 e. The van der Waals surface area contributed by atoms with Crippen molar-refractivity contribution in [2.75, 3.05) is 13.1 Å². The second kappa shape index (κ2) is 7.31. The Balaban J connectivity index is 1.66. The van der Waals surface area contributed by atoms with Gasteiger partial charge in [-0.1, -0.05) is 24.6 Å². The predicted molar refractivity (Wildman–Crippen MR) is 99.8 cm³/mol. The minimum absolute atomic E-state index is 0.0225. The van der Waals surface area contributed by atoms with Crippen LogP contribution < -0.4 is 5.69 Å². The molecule has 6 nitrogen and oxygen atoms in total. The number of nitrogens with zero attached hydrogens (tertiary/aromatic N) is 4. The molecule has 0 saturated carbocycles.